The lowest BCUT2D eigenvalue weighted by atomic mass is 10.00. The largest absolute Gasteiger partial charge is 0.206 e. The first-order chi connectivity index (χ1) is 8.72. The fourth-order valence-electron chi connectivity index (χ4n) is 1.68. The van der Waals surface area contributed by atoms with Gasteiger partial charge in [0.05, 0.1) is 5.56 Å². The van der Waals surface area contributed by atoms with E-state index in [9.17, 15) is 4.39 Å². The third-order valence-corrected chi connectivity index (χ3v) is 2.51. The predicted octanol–water partition coefficient (Wildman–Crippen LogP) is 4.70. The fourth-order valence-corrected chi connectivity index (χ4v) is 1.68. The fraction of sp³-hybridized carbons (Fsp3) is 0.188. The third-order valence-electron chi connectivity index (χ3n) is 2.51. The zero-order valence-corrected chi connectivity index (χ0v) is 10.9. The van der Waals surface area contributed by atoms with Crippen molar-refractivity contribution in [1.29, 1.82) is 5.26 Å². The minimum absolute atomic E-state index is 0.125. The molecule has 0 heterocycles. The molecule has 92 valence electrons. The molecule has 0 aliphatic carbocycles. The molecule has 0 aliphatic heterocycles. The van der Waals surface area contributed by atoms with Gasteiger partial charge in [0.2, 0.25) is 0 Å². The van der Waals surface area contributed by atoms with Crippen LogP contribution >= 0.6 is 0 Å². The minimum Gasteiger partial charge on any atom is -0.206 e. The Morgan fingerprint density at radius 1 is 1.00 bits per heavy atom. The molecule has 0 bridgehead atoms. The Hall–Kier alpha value is -2.14. The van der Waals surface area contributed by atoms with E-state index < -0.39 is 5.82 Å². The van der Waals surface area contributed by atoms with Gasteiger partial charge in [0.25, 0.3) is 0 Å². The average molecular weight is 241 g/mol. The van der Waals surface area contributed by atoms with E-state index >= 15 is 0 Å². The van der Waals surface area contributed by atoms with Crippen LogP contribution in [0.5, 0.6) is 0 Å². The molecule has 2 aromatic rings. The normalized spacial score (nSPS) is 9.06. The Balaban J connectivity index is 0.000000771. The highest BCUT2D eigenvalue weighted by atomic mass is 19.1. The van der Waals surface area contributed by atoms with E-state index in [0.717, 1.165) is 11.1 Å². The summed E-state index contributed by atoms with van der Waals surface area (Å²) in [6.45, 7) is 5.74. The number of hydrogen-bond acceptors (Lipinski definition) is 1. The number of rotatable bonds is 1. The minimum atomic E-state index is -0.457. The van der Waals surface area contributed by atoms with E-state index in [1.807, 2.05) is 56.3 Å². The number of nitrogens with zero attached hydrogens (tertiary/aromatic N) is 1. The number of nitriles is 1. The molecule has 2 rings (SSSR count). The molecule has 0 spiro atoms. The summed E-state index contributed by atoms with van der Waals surface area (Å²) >= 11 is 0. The van der Waals surface area contributed by atoms with E-state index in [0.29, 0.717) is 5.56 Å². The molecule has 0 saturated heterocycles. The van der Waals surface area contributed by atoms with Gasteiger partial charge in [0.15, 0.2) is 0 Å². The lowest BCUT2D eigenvalue weighted by Gasteiger charge is -2.05. The van der Waals surface area contributed by atoms with Crippen LogP contribution in [0.25, 0.3) is 11.1 Å². The van der Waals surface area contributed by atoms with Crippen molar-refractivity contribution in [3.05, 3.63) is 59.4 Å². The standard InChI is InChI=1S/C14H10FN.C2H6/c1-10-7-12(8-14(15)13(10)9-16)11-5-3-2-4-6-11;1-2/h2-8H,1H3;1-2H3. The summed E-state index contributed by atoms with van der Waals surface area (Å²) in [5, 5.41) is 8.77. The van der Waals surface area contributed by atoms with Crippen molar-refractivity contribution in [1.82, 2.24) is 0 Å². The van der Waals surface area contributed by atoms with Crippen molar-refractivity contribution in [3.8, 4) is 17.2 Å². The van der Waals surface area contributed by atoms with Crippen LogP contribution in [0, 0.1) is 24.1 Å². The molecular weight excluding hydrogens is 225 g/mol. The van der Waals surface area contributed by atoms with E-state index in [-0.39, 0.29) is 5.56 Å². The second kappa shape index (κ2) is 6.56. The van der Waals surface area contributed by atoms with Crippen molar-refractivity contribution in [3.63, 3.8) is 0 Å². The summed E-state index contributed by atoms with van der Waals surface area (Å²) in [5.41, 5.74) is 2.55. The van der Waals surface area contributed by atoms with Crippen LogP contribution in [0.1, 0.15) is 25.0 Å². The van der Waals surface area contributed by atoms with E-state index in [2.05, 4.69) is 0 Å². The van der Waals surface area contributed by atoms with Gasteiger partial charge in [-0.15, -0.1) is 0 Å². The molecular formula is C16H16FN. The lowest BCUT2D eigenvalue weighted by molar-refractivity contribution is 0.623. The molecule has 0 atom stereocenters. The van der Waals surface area contributed by atoms with Gasteiger partial charge in [0, 0.05) is 0 Å². The topological polar surface area (TPSA) is 23.8 Å². The molecule has 1 nitrogen and oxygen atoms in total. The predicted molar refractivity (Wildman–Crippen MR) is 72.6 cm³/mol. The van der Waals surface area contributed by atoms with Gasteiger partial charge in [0.1, 0.15) is 11.9 Å². The molecule has 0 unspecified atom stereocenters. The highest BCUT2D eigenvalue weighted by Crippen LogP contribution is 2.24. The second-order valence-electron chi connectivity index (χ2n) is 3.63. The molecule has 2 aromatic carbocycles. The van der Waals surface area contributed by atoms with Crippen molar-refractivity contribution in [2.24, 2.45) is 0 Å². The van der Waals surface area contributed by atoms with Gasteiger partial charge in [-0.3, -0.25) is 0 Å². The van der Waals surface area contributed by atoms with Crippen molar-refractivity contribution in [2.75, 3.05) is 0 Å². The smallest absolute Gasteiger partial charge is 0.141 e. The van der Waals surface area contributed by atoms with E-state index in [1.165, 1.54) is 6.07 Å². The number of benzene rings is 2. The van der Waals surface area contributed by atoms with Gasteiger partial charge in [-0.05, 0) is 35.7 Å². The summed E-state index contributed by atoms with van der Waals surface area (Å²) in [6, 6.07) is 14.7. The molecule has 0 radical (unpaired) electrons. The third kappa shape index (κ3) is 2.95. The van der Waals surface area contributed by atoms with Gasteiger partial charge >= 0.3 is 0 Å². The van der Waals surface area contributed by atoms with Crippen LogP contribution in [0.2, 0.25) is 0 Å². The van der Waals surface area contributed by atoms with Crippen LogP contribution in [0.15, 0.2) is 42.5 Å². The summed E-state index contributed by atoms with van der Waals surface area (Å²) in [7, 11) is 0. The molecule has 0 aliphatic rings. The molecule has 0 fully saturated rings. The first-order valence-electron chi connectivity index (χ1n) is 5.98. The van der Waals surface area contributed by atoms with Gasteiger partial charge in [-0.1, -0.05) is 44.2 Å². The summed E-state index contributed by atoms with van der Waals surface area (Å²) < 4.78 is 13.6. The summed E-state index contributed by atoms with van der Waals surface area (Å²) in [6.07, 6.45) is 0. The van der Waals surface area contributed by atoms with Gasteiger partial charge in [-0.25, -0.2) is 4.39 Å². The lowest BCUT2D eigenvalue weighted by Crippen LogP contribution is -1.90. The van der Waals surface area contributed by atoms with Crippen molar-refractivity contribution < 1.29 is 4.39 Å². The Kier molecular flexibility index (Phi) is 5.07. The molecule has 0 amide bonds. The Bertz CT molecular complexity index is 530. The molecule has 0 aromatic heterocycles. The molecule has 18 heavy (non-hydrogen) atoms. The van der Waals surface area contributed by atoms with Crippen molar-refractivity contribution in [2.45, 2.75) is 20.8 Å². The first kappa shape index (κ1) is 13.9. The SMILES string of the molecule is CC.Cc1cc(-c2ccccc2)cc(F)c1C#N. The van der Waals surface area contributed by atoms with Gasteiger partial charge < -0.3 is 0 Å². The second-order valence-corrected chi connectivity index (χ2v) is 3.63. The Morgan fingerprint density at radius 2 is 1.61 bits per heavy atom. The van der Waals surface area contributed by atoms with Crippen LogP contribution in [0.4, 0.5) is 4.39 Å². The van der Waals surface area contributed by atoms with Crippen LogP contribution in [-0.4, -0.2) is 0 Å². The zero-order valence-electron chi connectivity index (χ0n) is 10.9. The number of aryl methyl sites for hydroxylation is 1. The number of halogens is 1. The number of hydrogen-bond donors (Lipinski definition) is 0. The zero-order chi connectivity index (χ0) is 13.5. The first-order valence-corrected chi connectivity index (χ1v) is 5.98. The van der Waals surface area contributed by atoms with E-state index in [4.69, 9.17) is 5.26 Å². The monoisotopic (exact) mass is 241 g/mol. The molecule has 2 heteroatoms. The van der Waals surface area contributed by atoms with Crippen LogP contribution in [0.3, 0.4) is 0 Å². The van der Waals surface area contributed by atoms with Crippen LogP contribution in [-0.2, 0) is 0 Å². The van der Waals surface area contributed by atoms with Gasteiger partial charge in [-0.2, -0.15) is 5.26 Å². The molecule has 0 N–H and O–H groups in total. The maximum absolute atomic E-state index is 13.6. The van der Waals surface area contributed by atoms with Crippen molar-refractivity contribution >= 4 is 0 Å². The highest BCUT2D eigenvalue weighted by Gasteiger charge is 2.08. The van der Waals surface area contributed by atoms with E-state index in [1.54, 1.807) is 6.92 Å². The summed E-state index contributed by atoms with van der Waals surface area (Å²) in [5.74, 6) is -0.457. The Labute approximate surface area is 108 Å². The maximum atomic E-state index is 13.6. The van der Waals surface area contributed by atoms with Crippen LogP contribution < -0.4 is 0 Å². The molecule has 0 saturated carbocycles. The average Bonchev–Trinajstić information content (AvgIpc) is 2.41. The maximum Gasteiger partial charge on any atom is 0.141 e. The Morgan fingerprint density at radius 3 is 2.11 bits per heavy atom. The quantitative estimate of drug-likeness (QED) is 0.710. The highest BCUT2D eigenvalue weighted by molar-refractivity contribution is 5.65. The summed E-state index contributed by atoms with van der Waals surface area (Å²) in [4.78, 5) is 0.